The van der Waals surface area contributed by atoms with Crippen LogP contribution in [-0.4, -0.2) is 37.1 Å². The number of benzene rings is 1. The van der Waals surface area contributed by atoms with Crippen LogP contribution in [0.1, 0.15) is 5.56 Å². The third kappa shape index (κ3) is 3.57. The molecule has 2 rings (SSSR count). The molecule has 0 saturated carbocycles. The average molecular weight is 277 g/mol. The van der Waals surface area contributed by atoms with Crippen LogP contribution in [0.4, 0.5) is 0 Å². The standard InChI is InChI=1S/C12H14Cl2O3/c13-9-1-2-10(14)8(5-9)6-11(15)12-7-16-3-4-17-12/h1-2,5,11-12,15H,3-4,6-7H2. The minimum absolute atomic E-state index is 0.293. The summed E-state index contributed by atoms with van der Waals surface area (Å²) in [5.41, 5.74) is 0.820. The largest absolute Gasteiger partial charge is 0.390 e. The van der Waals surface area contributed by atoms with Gasteiger partial charge < -0.3 is 14.6 Å². The molecule has 2 unspecified atom stereocenters. The summed E-state index contributed by atoms with van der Waals surface area (Å²) in [6.07, 6.45) is -0.516. The van der Waals surface area contributed by atoms with Crippen LogP contribution in [0.5, 0.6) is 0 Å². The molecule has 1 saturated heterocycles. The molecule has 0 amide bonds. The first-order valence-corrected chi connectivity index (χ1v) is 6.24. The van der Waals surface area contributed by atoms with Crippen LogP contribution in [0, 0.1) is 0 Å². The number of halogens is 2. The Kier molecular flexibility index (Phi) is 4.65. The molecule has 1 aliphatic heterocycles. The van der Waals surface area contributed by atoms with E-state index >= 15 is 0 Å². The lowest BCUT2D eigenvalue weighted by Gasteiger charge is -2.27. The van der Waals surface area contributed by atoms with E-state index < -0.39 is 6.10 Å². The Hall–Kier alpha value is -0.320. The molecule has 1 heterocycles. The second-order valence-electron chi connectivity index (χ2n) is 3.99. The van der Waals surface area contributed by atoms with Gasteiger partial charge in [0.1, 0.15) is 6.10 Å². The predicted molar refractivity (Wildman–Crippen MR) is 66.7 cm³/mol. The Morgan fingerprint density at radius 2 is 2.18 bits per heavy atom. The van der Waals surface area contributed by atoms with E-state index in [0.29, 0.717) is 36.3 Å². The van der Waals surface area contributed by atoms with Crippen molar-refractivity contribution in [2.45, 2.75) is 18.6 Å². The van der Waals surface area contributed by atoms with Crippen molar-refractivity contribution in [1.29, 1.82) is 0 Å². The Morgan fingerprint density at radius 3 is 2.88 bits per heavy atom. The lowest BCUT2D eigenvalue weighted by atomic mass is 10.0. The summed E-state index contributed by atoms with van der Waals surface area (Å²) >= 11 is 11.9. The molecule has 3 nitrogen and oxygen atoms in total. The van der Waals surface area contributed by atoms with Gasteiger partial charge in [0.05, 0.1) is 25.9 Å². The van der Waals surface area contributed by atoms with Crippen LogP contribution >= 0.6 is 23.2 Å². The monoisotopic (exact) mass is 276 g/mol. The molecule has 1 aromatic rings. The van der Waals surface area contributed by atoms with Crippen LogP contribution in [-0.2, 0) is 15.9 Å². The molecule has 2 atom stereocenters. The Balaban J connectivity index is 2.01. The van der Waals surface area contributed by atoms with Gasteiger partial charge in [-0.3, -0.25) is 0 Å². The Labute approximate surface area is 110 Å². The molecule has 0 aromatic heterocycles. The van der Waals surface area contributed by atoms with Gasteiger partial charge in [-0.25, -0.2) is 0 Å². The van der Waals surface area contributed by atoms with Crippen molar-refractivity contribution in [2.75, 3.05) is 19.8 Å². The smallest absolute Gasteiger partial charge is 0.107 e. The number of aliphatic hydroxyl groups is 1. The van der Waals surface area contributed by atoms with Gasteiger partial charge in [-0.05, 0) is 23.8 Å². The van der Waals surface area contributed by atoms with Crippen molar-refractivity contribution in [3.05, 3.63) is 33.8 Å². The van der Waals surface area contributed by atoms with E-state index in [4.69, 9.17) is 32.7 Å². The van der Waals surface area contributed by atoms with E-state index in [2.05, 4.69) is 0 Å². The first kappa shape index (κ1) is 13.1. The summed E-state index contributed by atoms with van der Waals surface area (Å²) in [7, 11) is 0. The van der Waals surface area contributed by atoms with Crippen LogP contribution in [0.25, 0.3) is 0 Å². The lowest BCUT2D eigenvalue weighted by Crippen LogP contribution is -2.39. The first-order chi connectivity index (χ1) is 8.16. The first-order valence-electron chi connectivity index (χ1n) is 5.48. The van der Waals surface area contributed by atoms with Crippen molar-refractivity contribution >= 4 is 23.2 Å². The summed E-state index contributed by atoms with van der Waals surface area (Å²) in [5, 5.41) is 11.2. The predicted octanol–water partition coefficient (Wildman–Crippen LogP) is 2.31. The molecular formula is C12H14Cl2O3. The highest BCUT2D eigenvalue weighted by Gasteiger charge is 2.24. The number of rotatable bonds is 3. The maximum atomic E-state index is 10.0. The number of ether oxygens (including phenoxy) is 2. The van der Waals surface area contributed by atoms with E-state index in [9.17, 15) is 5.11 Å². The van der Waals surface area contributed by atoms with Crippen molar-refractivity contribution in [3.8, 4) is 0 Å². The highest BCUT2D eigenvalue weighted by Crippen LogP contribution is 2.23. The number of aliphatic hydroxyl groups excluding tert-OH is 1. The van der Waals surface area contributed by atoms with Crippen LogP contribution in [0.15, 0.2) is 18.2 Å². The third-order valence-electron chi connectivity index (χ3n) is 2.71. The van der Waals surface area contributed by atoms with Gasteiger partial charge >= 0.3 is 0 Å². The Bertz CT molecular complexity index is 378. The van der Waals surface area contributed by atoms with Gasteiger partial charge in [0.25, 0.3) is 0 Å². The van der Waals surface area contributed by atoms with Crippen LogP contribution in [0.2, 0.25) is 10.0 Å². The van der Waals surface area contributed by atoms with Gasteiger partial charge in [0.2, 0.25) is 0 Å². The Morgan fingerprint density at radius 1 is 1.35 bits per heavy atom. The van der Waals surface area contributed by atoms with E-state index in [1.54, 1.807) is 18.2 Å². The van der Waals surface area contributed by atoms with Crippen molar-refractivity contribution < 1.29 is 14.6 Å². The highest BCUT2D eigenvalue weighted by atomic mass is 35.5. The molecule has 0 spiro atoms. The quantitative estimate of drug-likeness (QED) is 0.921. The fourth-order valence-corrected chi connectivity index (χ4v) is 2.17. The summed E-state index contributed by atoms with van der Waals surface area (Å²) in [6, 6.07) is 5.21. The molecule has 1 N–H and O–H groups in total. The van der Waals surface area contributed by atoms with Crippen LogP contribution < -0.4 is 0 Å². The minimum atomic E-state index is -0.633. The topological polar surface area (TPSA) is 38.7 Å². The van der Waals surface area contributed by atoms with Crippen molar-refractivity contribution in [2.24, 2.45) is 0 Å². The maximum Gasteiger partial charge on any atom is 0.107 e. The molecular weight excluding hydrogens is 263 g/mol. The summed E-state index contributed by atoms with van der Waals surface area (Å²) in [4.78, 5) is 0. The fraction of sp³-hybridized carbons (Fsp3) is 0.500. The summed E-state index contributed by atoms with van der Waals surface area (Å²) in [5.74, 6) is 0. The summed E-state index contributed by atoms with van der Waals surface area (Å²) in [6.45, 7) is 1.52. The second kappa shape index (κ2) is 6.03. The van der Waals surface area contributed by atoms with Gasteiger partial charge in [-0.15, -0.1) is 0 Å². The highest BCUT2D eigenvalue weighted by molar-refractivity contribution is 6.33. The maximum absolute atomic E-state index is 10.0. The van der Waals surface area contributed by atoms with Crippen molar-refractivity contribution in [1.82, 2.24) is 0 Å². The second-order valence-corrected chi connectivity index (χ2v) is 4.83. The zero-order chi connectivity index (χ0) is 12.3. The van der Waals surface area contributed by atoms with E-state index in [1.165, 1.54) is 0 Å². The van der Waals surface area contributed by atoms with E-state index in [0.717, 1.165) is 5.56 Å². The molecule has 1 aromatic carbocycles. The fourth-order valence-electron chi connectivity index (χ4n) is 1.78. The molecule has 1 fully saturated rings. The zero-order valence-corrected chi connectivity index (χ0v) is 10.7. The normalized spacial score (nSPS) is 22.4. The third-order valence-corrected chi connectivity index (χ3v) is 3.31. The lowest BCUT2D eigenvalue weighted by molar-refractivity contribution is -0.131. The molecule has 0 radical (unpaired) electrons. The summed E-state index contributed by atoms with van der Waals surface area (Å²) < 4.78 is 10.7. The van der Waals surface area contributed by atoms with Gasteiger partial charge in [-0.2, -0.15) is 0 Å². The molecule has 0 aliphatic carbocycles. The molecule has 94 valence electrons. The number of hydrogen-bond donors (Lipinski definition) is 1. The SMILES string of the molecule is OC(Cc1cc(Cl)ccc1Cl)C1COCCO1. The zero-order valence-electron chi connectivity index (χ0n) is 9.23. The molecule has 17 heavy (non-hydrogen) atoms. The molecule has 1 aliphatic rings. The van der Waals surface area contributed by atoms with Gasteiger partial charge in [0.15, 0.2) is 0 Å². The van der Waals surface area contributed by atoms with E-state index in [1.807, 2.05) is 0 Å². The average Bonchev–Trinajstić information content (AvgIpc) is 2.35. The van der Waals surface area contributed by atoms with Gasteiger partial charge in [-0.1, -0.05) is 23.2 Å². The van der Waals surface area contributed by atoms with Gasteiger partial charge in [0, 0.05) is 16.5 Å². The molecule has 5 heteroatoms. The minimum Gasteiger partial charge on any atom is -0.390 e. The van der Waals surface area contributed by atoms with E-state index in [-0.39, 0.29) is 6.10 Å². The van der Waals surface area contributed by atoms with Crippen molar-refractivity contribution in [3.63, 3.8) is 0 Å². The van der Waals surface area contributed by atoms with Crippen LogP contribution in [0.3, 0.4) is 0 Å². The molecule has 0 bridgehead atoms. The number of hydrogen-bond acceptors (Lipinski definition) is 3.